The second-order valence-electron chi connectivity index (χ2n) is 9.10. The van der Waals surface area contributed by atoms with E-state index < -0.39 is 29.4 Å². The van der Waals surface area contributed by atoms with Crippen molar-refractivity contribution in [2.75, 3.05) is 55.6 Å². The molecule has 2 atom stereocenters. The van der Waals surface area contributed by atoms with Gasteiger partial charge in [0.2, 0.25) is 11.5 Å². The first-order valence-electron chi connectivity index (χ1n) is 11.8. The largest absolute Gasteiger partial charge is 0.497 e. The molecule has 1 aliphatic heterocycles. The van der Waals surface area contributed by atoms with E-state index in [1.54, 1.807) is 44.4 Å². The van der Waals surface area contributed by atoms with Gasteiger partial charge in [-0.15, -0.1) is 0 Å². The fraction of sp³-hybridized carbons (Fsp3) is 0.444. The molecular weight excluding hydrogens is 464 g/mol. The summed E-state index contributed by atoms with van der Waals surface area (Å²) in [5.74, 6) is -1.25. The lowest BCUT2D eigenvalue weighted by Gasteiger charge is -2.28. The average molecular weight is 500 g/mol. The van der Waals surface area contributed by atoms with Gasteiger partial charge >= 0.3 is 0 Å². The van der Waals surface area contributed by atoms with Crippen LogP contribution in [0, 0.1) is 12.8 Å². The number of amides is 1. The first-order chi connectivity index (χ1) is 17.2. The van der Waals surface area contributed by atoms with Crippen LogP contribution in [0.5, 0.6) is 23.0 Å². The third kappa shape index (κ3) is 5.16. The Labute approximate surface area is 211 Å². The normalized spacial score (nSPS) is 17.5. The van der Waals surface area contributed by atoms with Crippen LogP contribution in [-0.4, -0.2) is 78.0 Å². The molecule has 3 rings (SSSR count). The number of hydrogen-bond acceptors (Lipinski definition) is 7. The van der Waals surface area contributed by atoms with Gasteiger partial charge in [-0.3, -0.25) is 14.4 Å². The Hall–Kier alpha value is -3.59. The molecule has 9 nitrogen and oxygen atoms in total. The lowest BCUT2D eigenvalue weighted by Crippen LogP contribution is -3.05. The van der Waals surface area contributed by atoms with Gasteiger partial charge in [-0.05, 0) is 48.4 Å². The van der Waals surface area contributed by atoms with Gasteiger partial charge in [0, 0.05) is 18.5 Å². The van der Waals surface area contributed by atoms with Crippen LogP contribution in [0.4, 0.5) is 0 Å². The number of Topliss-reactive ketones (excluding diaryl/α,β-unsaturated/α-hetero) is 2. The number of methoxy groups -OCH3 is 4. The second kappa shape index (κ2) is 11.4. The predicted octanol–water partition coefficient (Wildman–Crippen LogP) is 1.52. The smallest absolute Gasteiger partial charge is 0.291 e. The number of carbonyl (C=O) groups excluding carboxylic acids is 3. The van der Waals surface area contributed by atoms with Crippen molar-refractivity contribution in [2.24, 2.45) is 5.92 Å². The Morgan fingerprint density at radius 3 is 2.08 bits per heavy atom. The second-order valence-corrected chi connectivity index (χ2v) is 9.10. The zero-order valence-electron chi connectivity index (χ0n) is 22.0. The van der Waals surface area contributed by atoms with Crippen LogP contribution < -0.4 is 23.8 Å². The lowest BCUT2D eigenvalue weighted by atomic mass is 9.84. The van der Waals surface area contributed by atoms with E-state index in [1.165, 1.54) is 31.1 Å². The number of ether oxygens (including phenoxy) is 4. The molecule has 1 saturated heterocycles. The molecule has 1 heterocycles. The van der Waals surface area contributed by atoms with Crippen molar-refractivity contribution in [1.29, 1.82) is 0 Å². The van der Waals surface area contributed by atoms with Gasteiger partial charge in [-0.2, -0.15) is 0 Å². The summed E-state index contributed by atoms with van der Waals surface area (Å²) in [6.45, 7) is 2.92. The van der Waals surface area contributed by atoms with Gasteiger partial charge in [0.05, 0.1) is 55.1 Å². The fourth-order valence-electron chi connectivity index (χ4n) is 4.68. The van der Waals surface area contributed by atoms with Gasteiger partial charge in [-0.25, -0.2) is 0 Å². The first kappa shape index (κ1) is 27.0. The fourth-order valence-corrected chi connectivity index (χ4v) is 4.68. The van der Waals surface area contributed by atoms with E-state index in [2.05, 4.69) is 0 Å². The number of nitrogens with zero attached hydrogens (tertiary/aromatic N) is 1. The monoisotopic (exact) mass is 499 g/mol. The molecular formula is C27H35N2O7+. The zero-order chi connectivity index (χ0) is 26.6. The highest BCUT2D eigenvalue weighted by molar-refractivity contribution is 6.44. The van der Waals surface area contributed by atoms with Crippen LogP contribution in [0.3, 0.4) is 0 Å². The van der Waals surface area contributed by atoms with Crippen molar-refractivity contribution in [2.45, 2.75) is 19.4 Å². The van der Waals surface area contributed by atoms with Crippen LogP contribution in [0.1, 0.15) is 33.9 Å². The molecule has 0 saturated carbocycles. The zero-order valence-corrected chi connectivity index (χ0v) is 22.0. The molecule has 36 heavy (non-hydrogen) atoms. The SMILES string of the molecule is COc1ccc(C(=O)C2C(=O)C(=O)N(CCC[NH+](C)C)C2c2cc(OC)c(OC)c(OC)c2)c(C)c1. The van der Waals surface area contributed by atoms with Gasteiger partial charge in [-0.1, -0.05) is 0 Å². The van der Waals surface area contributed by atoms with Crippen molar-refractivity contribution in [3.63, 3.8) is 0 Å². The van der Waals surface area contributed by atoms with Gasteiger partial charge < -0.3 is 28.7 Å². The molecule has 9 heteroatoms. The Morgan fingerprint density at radius 1 is 0.944 bits per heavy atom. The molecule has 2 aromatic carbocycles. The average Bonchev–Trinajstić information content (AvgIpc) is 3.12. The minimum atomic E-state index is -1.21. The van der Waals surface area contributed by atoms with Crippen molar-refractivity contribution in [3.8, 4) is 23.0 Å². The Kier molecular flexibility index (Phi) is 8.57. The number of hydrogen-bond donors (Lipinski definition) is 1. The molecule has 194 valence electrons. The van der Waals surface area contributed by atoms with E-state index in [4.69, 9.17) is 18.9 Å². The van der Waals surface area contributed by atoms with E-state index in [0.29, 0.717) is 52.7 Å². The number of carbonyl (C=O) groups is 3. The van der Waals surface area contributed by atoms with Crippen LogP contribution in [0.2, 0.25) is 0 Å². The highest BCUT2D eigenvalue weighted by atomic mass is 16.5. The molecule has 1 amide bonds. The highest BCUT2D eigenvalue weighted by Gasteiger charge is 2.52. The summed E-state index contributed by atoms with van der Waals surface area (Å²) < 4.78 is 21.7. The van der Waals surface area contributed by atoms with Crippen LogP contribution >= 0.6 is 0 Å². The standard InChI is InChI=1S/C27H34N2O7/c1-16-13-18(33-4)9-10-19(16)24(30)22-23(29(27(32)25(22)31)12-8-11-28(2)3)17-14-20(34-5)26(36-7)21(15-17)35-6/h9-10,13-15,22-23H,8,11-12H2,1-7H3/p+1. The van der Waals surface area contributed by atoms with Crippen LogP contribution in [0.15, 0.2) is 30.3 Å². The highest BCUT2D eigenvalue weighted by Crippen LogP contribution is 2.45. The molecule has 2 unspecified atom stereocenters. The Morgan fingerprint density at radius 2 is 1.58 bits per heavy atom. The third-order valence-corrected chi connectivity index (χ3v) is 6.49. The Balaban J connectivity index is 2.15. The van der Waals surface area contributed by atoms with Crippen LogP contribution in [0.25, 0.3) is 0 Å². The topological polar surface area (TPSA) is 95.8 Å². The van der Waals surface area contributed by atoms with Gasteiger partial charge in [0.1, 0.15) is 11.7 Å². The lowest BCUT2D eigenvalue weighted by molar-refractivity contribution is -0.858. The summed E-state index contributed by atoms with van der Waals surface area (Å²) in [4.78, 5) is 43.2. The Bertz CT molecular complexity index is 1120. The predicted molar refractivity (Wildman–Crippen MR) is 133 cm³/mol. The molecule has 0 spiro atoms. The molecule has 1 fully saturated rings. The van der Waals surface area contributed by atoms with Crippen molar-refractivity contribution in [3.05, 3.63) is 47.0 Å². The molecule has 0 radical (unpaired) electrons. The number of aryl methyl sites for hydroxylation is 1. The first-order valence-corrected chi connectivity index (χ1v) is 11.8. The number of ketones is 2. The summed E-state index contributed by atoms with van der Waals surface area (Å²) in [5.41, 5.74) is 1.60. The quantitative estimate of drug-likeness (QED) is 0.285. The molecule has 1 N–H and O–H groups in total. The maximum atomic E-state index is 13.8. The summed E-state index contributed by atoms with van der Waals surface area (Å²) >= 11 is 0. The van der Waals surface area contributed by atoms with Gasteiger partial charge in [0.25, 0.3) is 5.91 Å². The number of benzene rings is 2. The minimum Gasteiger partial charge on any atom is -0.497 e. The van der Waals surface area contributed by atoms with Crippen molar-refractivity contribution in [1.82, 2.24) is 4.90 Å². The van der Waals surface area contributed by atoms with E-state index in [9.17, 15) is 14.4 Å². The molecule has 0 bridgehead atoms. The van der Waals surface area contributed by atoms with Crippen molar-refractivity contribution < 1.29 is 38.2 Å². The molecule has 0 aromatic heterocycles. The van der Waals surface area contributed by atoms with E-state index >= 15 is 0 Å². The van der Waals surface area contributed by atoms with Crippen LogP contribution in [-0.2, 0) is 9.59 Å². The summed E-state index contributed by atoms with van der Waals surface area (Å²) in [6.07, 6.45) is 0.671. The molecule has 0 aliphatic carbocycles. The third-order valence-electron chi connectivity index (χ3n) is 6.49. The van der Waals surface area contributed by atoms with E-state index in [-0.39, 0.29) is 0 Å². The van der Waals surface area contributed by atoms with E-state index in [0.717, 1.165) is 6.54 Å². The molecule has 2 aromatic rings. The number of quaternary nitrogens is 1. The number of rotatable bonds is 11. The minimum absolute atomic E-state index is 0.336. The maximum absolute atomic E-state index is 13.8. The maximum Gasteiger partial charge on any atom is 0.291 e. The molecule has 1 aliphatic rings. The van der Waals surface area contributed by atoms with Crippen molar-refractivity contribution >= 4 is 17.5 Å². The summed E-state index contributed by atoms with van der Waals surface area (Å²) in [7, 11) is 10.1. The number of nitrogens with one attached hydrogen (secondary N) is 1. The van der Waals surface area contributed by atoms with Gasteiger partial charge in [0.15, 0.2) is 17.3 Å². The van der Waals surface area contributed by atoms with E-state index in [1.807, 2.05) is 14.1 Å². The summed E-state index contributed by atoms with van der Waals surface area (Å²) in [5, 5.41) is 0. The number of likely N-dealkylation sites (tertiary alicyclic amines) is 1. The summed E-state index contributed by atoms with van der Waals surface area (Å²) in [6, 6.07) is 7.63.